The maximum absolute atomic E-state index is 12.7. The molecule has 3 aliphatic rings. The van der Waals surface area contributed by atoms with Crippen LogP contribution in [0.3, 0.4) is 0 Å². The maximum Gasteiger partial charge on any atom is 0.317 e. The number of morpholine rings is 1. The van der Waals surface area contributed by atoms with Crippen LogP contribution in [0.15, 0.2) is 48.5 Å². The number of esters is 2. The number of nitrogens with one attached hydrogen (secondary N) is 1. The molecule has 334 valence electrons. The SMILES string of the molecule is CC1(C)OC[C@@H](COC(=O)CCc2ccc(OCC(O)CN(CCNC(=O)N3CCOCC3)C[C@H](O)COc3ccc(CCC(=O)OC[C@@H]4COC(C)(C)O4)cc3)cc2)O1. The zero-order valence-electron chi connectivity index (χ0n) is 35.3. The first-order valence-electron chi connectivity index (χ1n) is 20.8. The zero-order chi connectivity index (χ0) is 43.0. The molecule has 3 heterocycles. The number of nitrogens with zero attached hydrogens (tertiary/aromatic N) is 2. The van der Waals surface area contributed by atoms with Crippen molar-refractivity contribution in [2.45, 2.75) is 89.4 Å². The minimum Gasteiger partial charge on any atom is -0.491 e. The Hall–Kier alpha value is -4.07. The van der Waals surface area contributed by atoms with Gasteiger partial charge in [-0.3, -0.25) is 14.5 Å². The molecule has 2 amide bonds. The fourth-order valence-electron chi connectivity index (χ4n) is 6.75. The van der Waals surface area contributed by atoms with Gasteiger partial charge in [-0.05, 0) is 75.9 Å². The molecule has 2 aromatic rings. The minimum atomic E-state index is -0.913. The van der Waals surface area contributed by atoms with E-state index in [1.165, 1.54) is 0 Å². The lowest BCUT2D eigenvalue weighted by molar-refractivity contribution is -0.158. The Morgan fingerprint density at radius 3 is 1.62 bits per heavy atom. The van der Waals surface area contributed by atoms with Gasteiger partial charge in [-0.15, -0.1) is 0 Å². The average molecular weight is 846 g/mol. The lowest BCUT2D eigenvalue weighted by Gasteiger charge is -2.29. The molecule has 17 heteroatoms. The molecule has 17 nitrogen and oxygen atoms in total. The third-order valence-corrected chi connectivity index (χ3v) is 9.90. The molecule has 0 spiro atoms. The molecule has 0 saturated carbocycles. The molecular formula is C43H63N3O14. The van der Waals surface area contributed by atoms with Crippen molar-refractivity contribution < 1.29 is 67.2 Å². The number of aliphatic hydroxyl groups is 2. The number of carbonyl (C=O) groups is 3. The van der Waals surface area contributed by atoms with E-state index < -0.39 is 23.8 Å². The lowest BCUT2D eigenvalue weighted by atomic mass is 10.1. The Morgan fingerprint density at radius 2 is 1.20 bits per heavy atom. The Bertz CT molecular complexity index is 1520. The Kier molecular flexibility index (Phi) is 18.2. The molecule has 1 unspecified atom stereocenters. The third-order valence-electron chi connectivity index (χ3n) is 9.90. The Morgan fingerprint density at radius 1 is 0.750 bits per heavy atom. The second-order valence-electron chi connectivity index (χ2n) is 16.1. The lowest BCUT2D eigenvalue weighted by Crippen LogP contribution is -2.49. The van der Waals surface area contributed by atoms with Crippen LogP contribution in [0.2, 0.25) is 0 Å². The van der Waals surface area contributed by atoms with Crippen molar-refractivity contribution in [1.82, 2.24) is 15.1 Å². The van der Waals surface area contributed by atoms with Crippen molar-refractivity contribution in [3.63, 3.8) is 0 Å². The number of ether oxygens (including phenoxy) is 9. The number of hydrogen-bond acceptors (Lipinski definition) is 15. The first-order chi connectivity index (χ1) is 28.7. The highest BCUT2D eigenvalue weighted by atomic mass is 16.8. The third kappa shape index (κ3) is 17.1. The molecule has 5 rings (SSSR count). The molecule has 60 heavy (non-hydrogen) atoms. The second-order valence-corrected chi connectivity index (χ2v) is 16.1. The Labute approximate surface area is 352 Å². The fraction of sp³-hybridized carbons (Fsp3) is 0.651. The van der Waals surface area contributed by atoms with Crippen LogP contribution in [-0.2, 0) is 55.6 Å². The van der Waals surface area contributed by atoms with E-state index in [1.807, 2.05) is 56.9 Å². The van der Waals surface area contributed by atoms with E-state index in [0.29, 0.717) is 76.9 Å². The standard InChI is InChI=1S/C43H63N3O14/c1-42(2)57-29-37(59-42)27-55-39(49)15-9-31-5-11-35(12-6-31)53-25-33(47)23-45(18-17-44-41(51)46-19-21-52-22-20-46)24-34(48)26-54-36-13-7-32(8-14-36)10-16-40(50)56-28-38-30-58-43(3,4)60-38/h5-8,11-14,33-34,37-38,47-48H,9-10,15-30H2,1-4H3,(H,44,51)/t33-,34?,37+,38+/m0/s1. The molecule has 3 fully saturated rings. The molecule has 0 aromatic heterocycles. The van der Waals surface area contributed by atoms with E-state index in [-0.39, 0.29) is 82.5 Å². The molecule has 3 aliphatic heterocycles. The summed E-state index contributed by atoms with van der Waals surface area (Å²) in [6.45, 7) is 11.3. The molecule has 0 radical (unpaired) electrons. The summed E-state index contributed by atoms with van der Waals surface area (Å²) < 4.78 is 50.1. The van der Waals surface area contributed by atoms with E-state index in [4.69, 9.17) is 42.6 Å². The van der Waals surface area contributed by atoms with Gasteiger partial charge in [0, 0.05) is 52.1 Å². The first kappa shape index (κ1) is 47.0. The van der Waals surface area contributed by atoms with Gasteiger partial charge >= 0.3 is 18.0 Å². The van der Waals surface area contributed by atoms with Crippen LogP contribution in [-0.4, -0.2) is 166 Å². The van der Waals surface area contributed by atoms with E-state index >= 15 is 0 Å². The number of rotatable bonds is 23. The van der Waals surface area contributed by atoms with Crippen LogP contribution >= 0.6 is 0 Å². The normalized spacial score (nSPS) is 20.7. The second kappa shape index (κ2) is 23.2. The van der Waals surface area contributed by atoms with E-state index in [2.05, 4.69) is 5.32 Å². The summed E-state index contributed by atoms with van der Waals surface area (Å²) in [5, 5.41) is 24.9. The maximum atomic E-state index is 12.7. The number of hydrogen-bond donors (Lipinski definition) is 3. The topological polar surface area (TPSA) is 193 Å². The van der Waals surface area contributed by atoms with Crippen LogP contribution in [0.1, 0.15) is 51.7 Å². The summed E-state index contributed by atoms with van der Waals surface area (Å²) in [4.78, 5) is 40.8. The van der Waals surface area contributed by atoms with Gasteiger partial charge in [-0.1, -0.05) is 24.3 Å². The molecular weight excluding hydrogens is 782 g/mol. The molecule has 3 saturated heterocycles. The van der Waals surface area contributed by atoms with Gasteiger partial charge in [-0.25, -0.2) is 4.79 Å². The predicted molar refractivity (Wildman–Crippen MR) is 216 cm³/mol. The smallest absolute Gasteiger partial charge is 0.317 e. The number of benzene rings is 2. The van der Waals surface area contributed by atoms with Crippen LogP contribution in [0.25, 0.3) is 0 Å². The number of aryl methyl sites for hydroxylation is 2. The van der Waals surface area contributed by atoms with Crippen molar-refractivity contribution in [2.24, 2.45) is 0 Å². The number of aliphatic hydroxyl groups excluding tert-OH is 2. The summed E-state index contributed by atoms with van der Waals surface area (Å²) in [6, 6.07) is 14.4. The van der Waals surface area contributed by atoms with Crippen molar-refractivity contribution >= 4 is 18.0 Å². The largest absolute Gasteiger partial charge is 0.491 e. The number of amides is 2. The van der Waals surface area contributed by atoms with Crippen molar-refractivity contribution in [3.8, 4) is 11.5 Å². The van der Waals surface area contributed by atoms with Crippen LogP contribution < -0.4 is 14.8 Å². The summed E-state index contributed by atoms with van der Waals surface area (Å²) >= 11 is 0. The van der Waals surface area contributed by atoms with Gasteiger partial charge in [0.25, 0.3) is 0 Å². The monoisotopic (exact) mass is 845 g/mol. The van der Waals surface area contributed by atoms with Gasteiger partial charge in [0.15, 0.2) is 11.6 Å². The van der Waals surface area contributed by atoms with Crippen molar-refractivity contribution in [2.75, 3.05) is 92.1 Å². The fourth-order valence-corrected chi connectivity index (χ4v) is 6.75. The summed E-state index contributed by atoms with van der Waals surface area (Å²) in [5.41, 5.74) is 1.87. The van der Waals surface area contributed by atoms with Crippen LogP contribution in [0.4, 0.5) is 4.79 Å². The highest BCUT2D eigenvalue weighted by Crippen LogP contribution is 2.24. The van der Waals surface area contributed by atoms with Gasteiger partial charge in [0.2, 0.25) is 0 Å². The molecule has 4 atom stereocenters. The zero-order valence-corrected chi connectivity index (χ0v) is 35.3. The number of urea groups is 1. The van der Waals surface area contributed by atoms with E-state index in [1.54, 1.807) is 29.2 Å². The van der Waals surface area contributed by atoms with Gasteiger partial charge in [-0.2, -0.15) is 0 Å². The quantitative estimate of drug-likeness (QED) is 0.138. The average Bonchev–Trinajstić information content (AvgIpc) is 3.78. The van der Waals surface area contributed by atoms with Gasteiger partial charge in [0.05, 0.1) is 26.4 Å². The van der Waals surface area contributed by atoms with E-state index in [0.717, 1.165) is 11.1 Å². The molecule has 2 aromatic carbocycles. The van der Waals surface area contributed by atoms with Gasteiger partial charge < -0.3 is 63.1 Å². The van der Waals surface area contributed by atoms with E-state index in [9.17, 15) is 24.6 Å². The molecule has 0 aliphatic carbocycles. The van der Waals surface area contributed by atoms with Crippen molar-refractivity contribution in [3.05, 3.63) is 59.7 Å². The van der Waals surface area contributed by atoms with Crippen LogP contribution in [0, 0.1) is 0 Å². The predicted octanol–water partition coefficient (Wildman–Crippen LogP) is 2.46. The molecule has 3 N–H and O–H groups in total. The highest BCUT2D eigenvalue weighted by Gasteiger charge is 2.34. The first-order valence-corrected chi connectivity index (χ1v) is 20.8. The van der Waals surface area contributed by atoms with Gasteiger partial charge in [0.1, 0.15) is 62.3 Å². The summed E-state index contributed by atoms with van der Waals surface area (Å²) in [5.74, 6) is -0.865. The highest BCUT2D eigenvalue weighted by molar-refractivity contribution is 5.74. The minimum absolute atomic E-state index is 0.00896. The van der Waals surface area contributed by atoms with Crippen LogP contribution in [0.5, 0.6) is 11.5 Å². The van der Waals surface area contributed by atoms with Crippen molar-refractivity contribution in [1.29, 1.82) is 0 Å². The number of carbonyl (C=O) groups excluding carboxylic acids is 3. The molecule has 0 bridgehead atoms. The Balaban J connectivity index is 1.02. The summed E-state index contributed by atoms with van der Waals surface area (Å²) in [6.07, 6.45) is -0.950. The summed E-state index contributed by atoms with van der Waals surface area (Å²) in [7, 11) is 0.